The lowest BCUT2D eigenvalue weighted by atomic mass is 10.1. The molecule has 0 saturated heterocycles. The Hall–Kier alpha value is -0.860. The van der Waals surface area contributed by atoms with Crippen LogP contribution in [0.4, 0.5) is 0 Å². The minimum Gasteiger partial charge on any atom is -0.324 e. The summed E-state index contributed by atoms with van der Waals surface area (Å²) in [6, 6.07) is 6.59. The predicted octanol–water partition coefficient (Wildman–Crippen LogP) is 1.88. The molecule has 0 atom stereocenters. The fourth-order valence-electron chi connectivity index (χ4n) is 1.77. The molecule has 1 saturated carbocycles. The monoisotopic (exact) mass is 204 g/mol. The van der Waals surface area contributed by atoms with E-state index in [1.165, 1.54) is 29.5 Å². The Morgan fingerprint density at radius 1 is 1.33 bits per heavy atom. The summed E-state index contributed by atoms with van der Waals surface area (Å²) in [6.07, 6.45) is 2.35. The van der Waals surface area contributed by atoms with Crippen LogP contribution in [0, 0.1) is 13.8 Å². The van der Waals surface area contributed by atoms with E-state index in [4.69, 9.17) is 5.73 Å². The number of hydrogen-bond acceptors (Lipinski definition) is 2. The minimum absolute atomic E-state index is 0.109. The second-order valence-corrected chi connectivity index (χ2v) is 4.90. The van der Waals surface area contributed by atoms with Crippen LogP contribution >= 0.6 is 0 Å². The van der Waals surface area contributed by atoms with Gasteiger partial charge in [0.2, 0.25) is 0 Å². The lowest BCUT2D eigenvalue weighted by Crippen LogP contribution is -2.35. The molecule has 2 nitrogen and oxygen atoms in total. The van der Waals surface area contributed by atoms with Gasteiger partial charge >= 0.3 is 0 Å². The van der Waals surface area contributed by atoms with E-state index in [2.05, 4.69) is 37.4 Å². The van der Waals surface area contributed by atoms with Crippen molar-refractivity contribution in [3.8, 4) is 0 Å². The maximum Gasteiger partial charge on any atom is 0.0282 e. The largest absolute Gasteiger partial charge is 0.324 e. The third-order valence-electron chi connectivity index (χ3n) is 3.19. The summed E-state index contributed by atoms with van der Waals surface area (Å²) >= 11 is 0. The molecular formula is C13H20N2. The zero-order valence-corrected chi connectivity index (χ0v) is 9.64. The third-order valence-corrected chi connectivity index (χ3v) is 3.19. The number of benzene rings is 1. The summed E-state index contributed by atoms with van der Waals surface area (Å²) in [4.78, 5) is 0. The van der Waals surface area contributed by atoms with Crippen molar-refractivity contribution in [1.82, 2.24) is 5.32 Å². The molecule has 1 aliphatic rings. The lowest BCUT2D eigenvalue weighted by molar-refractivity contribution is 0.568. The molecule has 0 radical (unpaired) electrons. The lowest BCUT2D eigenvalue weighted by Gasteiger charge is -2.12. The maximum atomic E-state index is 6.02. The van der Waals surface area contributed by atoms with Gasteiger partial charge in [-0.2, -0.15) is 0 Å². The fraction of sp³-hybridized carbons (Fsp3) is 0.538. The summed E-state index contributed by atoms with van der Waals surface area (Å²) in [5.74, 6) is 0. The zero-order chi connectivity index (χ0) is 10.9. The highest BCUT2D eigenvalue weighted by Crippen LogP contribution is 2.31. The van der Waals surface area contributed by atoms with E-state index >= 15 is 0 Å². The van der Waals surface area contributed by atoms with E-state index < -0.39 is 0 Å². The smallest absolute Gasteiger partial charge is 0.0282 e. The summed E-state index contributed by atoms with van der Waals surface area (Å²) in [5, 5.41) is 3.45. The van der Waals surface area contributed by atoms with Crippen LogP contribution in [-0.4, -0.2) is 12.1 Å². The second-order valence-electron chi connectivity index (χ2n) is 4.90. The van der Waals surface area contributed by atoms with E-state index in [-0.39, 0.29) is 5.54 Å². The molecule has 3 N–H and O–H groups in total. The molecule has 2 heteroatoms. The quantitative estimate of drug-likeness (QED) is 0.786. The van der Waals surface area contributed by atoms with Crippen molar-refractivity contribution in [3.05, 3.63) is 34.9 Å². The molecule has 82 valence electrons. The topological polar surface area (TPSA) is 38.0 Å². The Balaban J connectivity index is 1.89. The van der Waals surface area contributed by atoms with Crippen LogP contribution in [0.25, 0.3) is 0 Å². The Bertz CT molecular complexity index is 354. The van der Waals surface area contributed by atoms with Gasteiger partial charge in [-0.05, 0) is 37.8 Å². The van der Waals surface area contributed by atoms with Gasteiger partial charge in [0.25, 0.3) is 0 Å². The van der Waals surface area contributed by atoms with Gasteiger partial charge in [-0.15, -0.1) is 0 Å². The van der Waals surface area contributed by atoms with Crippen molar-refractivity contribution in [3.63, 3.8) is 0 Å². The van der Waals surface area contributed by atoms with Crippen LogP contribution in [-0.2, 0) is 6.54 Å². The summed E-state index contributed by atoms with van der Waals surface area (Å²) in [6.45, 7) is 6.17. The molecule has 0 spiro atoms. The first-order valence-corrected chi connectivity index (χ1v) is 5.65. The molecule has 1 fully saturated rings. The van der Waals surface area contributed by atoms with Gasteiger partial charge in [-0.3, -0.25) is 0 Å². The summed E-state index contributed by atoms with van der Waals surface area (Å²) < 4.78 is 0. The minimum atomic E-state index is 0.109. The van der Waals surface area contributed by atoms with Gasteiger partial charge in [0, 0.05) is 18.6 Å². The van der Waals surface area contributed by atoms with Crippen molar-refractivity contribution in [2.45, 2.75) is 38.8 Å². The van der Waals surface area contributed by atoms with Gasteiger partial charge in [-0.25, -0.2) is 0 Å². The number of nitrogens with two attached hydrogens (primary N) is 1. The van der Waals surface area contributed by atoms with E-state index in [1.54, 1.807) is 0 Å². The van der Waals surface area contributed by atoms with Crippen LogP contribution in [0.3, 0.4) is 0 Å². The Kier molecular flexibility index (Phi) is 2.81. The van der Waals surface area contributed by atoms with Crippen LogP contribution < -0.4 is 11.1 Å². The van der Waals surface area contributed by atoms with Crippen LogP contribution in [0.1, 0.15) is 29.5 Å². The average Bonchev–Trinajstić information content (AvgIpc) is 2.90. The number of hydrogen-bond donors (Lipinski definition) is 2. The molecule has 0 aliphatic heterocycles. The Labute approximate surface area is 91.9 Å². The Morgan fingerprint density at radius 3 is 2.73 bits per heavy atom. The first-order chi connectivity index (χ1) is 7.09. The van der Waals surface area contributed by atoms with Crippen LogP contribution in [0.15, 0.2) is 18.2 Å². The molecule has 1 aliphatic carbocycles. The SMILES string of the molecule is Cc1ccc(C)c(CNCC2(N)CC2)c1. The molecule has 0 aromatic heterocycles. The number of nitrogens with one attached hydrogen (secondary N) is 1. The van der Waals surface area contributed by atoms with E-state index in [1.807, 2.05) is 0 Å². The number of aryl methyl sites for hydroxylation is 2. The maximum absolute atomic E-state index is 6.02. The van der Waals surface area contributed by atoms with E-state index in [9.17, 15) is 0 Å². The molecule has 15 heavy (non-hydrogen) atoms. The molecular weight excluding hydrogens is 184 g/mol. The average molecular weight is 204 g/mol. The molecule has 2 rings (SSSR count). The van der Waals surface area contributed by atoms with Gasteiger partial charge in [-0.1, -0.05) is 23.8 Å². The van der Waals surface area contributed by atoms with Crippen molar-refractivity contribution < 1.29 is 0 Å². The van der Waals surface area contributed by atoms with Crippen LogP contribution in [0.5, 0.6) is 0 Å². The first-order valence-electron chi connectivity index (χ1n) is 5.65. The van der Waals surface area contributed by atoms with Crippen molar-refractivity contribution >= 4 is 0 Å². The molecule has 0 heterocycles. The predicted molar refractivity (Wildman–Crippen MR) is 63.8 cm³/mol. The van der Waals surface area contributed by atoms with Gasteiger partial charge in [0.1, 0.15) is 0 Å². The molecule has 1 aromatic rings. The highest BCUT2D eigenvalue weighted by Gasteiger charge is 2.37. The second kappa shape index (κ2) is 3.95. The third kappa shape index (κ3) is 2.80. The first kappa shape index (κ1) is 10.7. The highest BCUT2D eigenvalue weighted by atomic mass is 15.0. The highest BCUT2D eigenvalue weighted by molar-refractivity contribution is 5.30. The summed E-state index contributed by atoms with van der Waals surface area (Å²) in [7, 11) is 0. The Morgan fingerprint density at radius 2 is 2.07 bits per heavy atom. The van der Waals surface area contributed by atoms with Gasteiger partial charge in [0.15, 0.2) is 0 Å². The molecule has 0 amide bonds. The van der Waals surface area contributed by atoms with Crippen LogP contribution in [0.2, 0.25) is 0 Å². The molecule has 1 aromatic carbocycles. The van der Waals surface area contributed by atoms with Crippen molar-refractivity contribution in [1.29, 1.82) is 0 Å². The van der Waals surface area contributed by atoms with E-state index in [0.29, 0.717) is 0 Å². The van der Waals surface area contributed by atoms with E-state index in [0.717, 1.165) is 13.1 Å². The van der Waals surface area contributed by atoms with Crippen molar-refractivity contribution in [2.24, 2.45) is 5.73 Å². The van der Waals surface area contributed by atoms with Crippen molar-refractivity contribution in [2.75, 3.05) is 6.54 Å². The molecule has 0 bridgehead atoms. The molecule has 0 unspecified atom stereocenters. The fourth-order valence-corrected chi connectivity index (χ4v) is 1.77. The van der Waals surface area contributed by atoms with Gasteiger partial charge < -0.3 is 11.1 Å². The van der Waals surface area contributed by atoms with Gasteiger partial charge in [0.05, 0.1) is 0 Å². The number of rotatable bonds is 4. The standard InChI is InChI=1S/C13H20N2/c1-10-3-4-11(2)12(7-10)8-15-9-13(14)5-6-13/h3-4,7,15H,5-6,8-9,14H2,1-2H3. The zero-order valence-electron chi connectivity index (χ0n) is 9.64. The summed E-state index contributed by atoms with van der Waals surface area (Å²) in [5.41, 5.74) is 10.2. The normalized spacial score (nSPS) is 17.8.